The SMILES string of the molecule is CC1(CC(=N)c2ccccc2CN=O)C=C(C[N+]2([O-])CCN(C(=O)CCCCCCCCCCCN)CC2)C(F)=CC1. The normalized spacial score (nSPS) is 20.1. The molecule has 0 radical (unpaired) electrons. The average Bonchev–Trinajstić information content (AvgIpc) is 2.96. The van der Waals surface area contributed by atoms with Crippen molar-refractivity contribution in [2.45, 2.75) is 90.5 Å². The Balaban J connectivity index is 1.45. The highest BCUT2D eigenvalue weighted by Crippen LogP contribution is 2.39. The van der Waals surface area contributed by atoms with Crippen LogP contribution in [0, 0.1) is 20.9 Å². The quantitative estimate of drug-likeness (QED) is 0.0640. The number of piperazine rings is 1. The smallest absolute Gasteiger partial charge is 0.222 e. The molecule has 0 saturated carbocycles. The van der Waals surface area contributed by atoms with Crippen LogP contribution in [0.5, 0.6) is 0 Å². The van der Waals surface area contributed by atoms with Crippen molar-refractivity contribution in [1.29, 1.82) is 5.41 Å². The van der Waals surface area contributed by atoms with Gasteiger partial charge in [-0.2, -0.15) is 4.91 Å². The van der Waals surface area contributed by atoms with E-state index >= 15 is 0 Å². The Morgan fingerprint density at radius 1 is 1.07 bits per heavy atom. The zero-order valence-corrected chi connectivity index (χ0v) is 25.4. The Morgan fingerprint density at radius 3 is 2.33 bits per heavy atom. The van der Waals surface area contributed by atoms with Crippen molar-refractivity contribution >= 4 is 11.6 Å². The van der Waals surface area contributed by atoms with E-state index in [1.807, 2.05) is 31.2 Å². The highest BCUT2D eigenvalue weighted by molar-refractivity contribution is 6.00. The summed E-state index contributed by atoms with van der Waals surface area (Å²) in [5.41, 5.74) is 7.12. The van der Waals surface area contributed by atoms with Crippen LogP contribution in [0.15, 0.2) is 53.0 Å². The Labute approximate surface area is 250 Å². The molecule has 1 amide bonds. The molecule has 1 aliphatic carbocycles. The predicted octanol–water partition coefficient (Wildman–Crippen LogP) is 6.92. The summed E-state index contributed by atoms with van der Waals surface area (Å²) in [5, 5.41) is 25.3. The molecular weight excluding hydrogens is 533 g/mol. The van der Waals surface area contributed by atoms with E-state index in [4.69, 9.17) is 11.1 Å². The van der Waals surface area contributed by atoms with Crippen LogP contribution in [0.3, 0.4) is 0 Å². The lowest BCUT2D eigenvalue weighted by Gasteiger charge is -2.49. The molecule has 232 valence electrons. The van der Waals surface area contributed by atoms with Gasteiger partial charge in [-0.1, -0.05) is 87.4 Å². The maximum atomic E-state index is 14.9. The molecule has 1 saturated heterocycles. The number of quaternary nitrogens is 1. The van der Waals surface area contributed by atoms with E-state index in [0.717, 1.165) is 32.2 Å². The third-order valence-electron chi connectivity index (χ3n) is 8.70. The lowest BCUT2D eigenvalue weighted by atomic mass is 9.75. The van der Waals surface area contributed by atoms with Crippen LogP contribution in [-0.4, -0.2) is 60.4 Å². The number of unbranched alkanes of at least 4 members (excludes halogenated alkanes) is 8. The number of allylic oxidation sites excluding steroid dienone is 2. The van der Waals surface area contributed by atoms with Crippen molar-refractivity contribution in [2.75, 3.05) is 39.3 Å². The Bertz CT molecular complexity index is 1110. The molecular formula is C33H50FN5O3. The molecule has 8 nitrogen and oxygen atoms in total. The largest absolute Gasteiger partial charge is 0.632 e. The lowest BCUT2D eigenvalue weighted by Crippen LogP contribution is -2.58. The van der Waals surface area contributed by atoms with Gasteiger partial charge in [0.1, 0.15) is 18.9 Å². The third kappa shape index (κ3) is 10.5. The Morgan fingerprint density at radius 2 is 1.69 bits per heavy atom. The topological polar surface area (TPSA) is 123 Å². The molecule has 2 aliphatic rings. The summed E-state index contributed by atoms with van der Waals surface area (Å²) < 4.78 is 14.4. The number of amides is 1. The van der Waals surface area contributed by atoms with E-state index in [9.17, 15) is 19.3 Å². The van der Waals surface area contributed by atoms with Crippen molar-refractivity contribution < 1.29 is 13.8 Å². The fourth-order valence-corrected chi connectivity index (χ4v) is 6.13. The molecule has 1 aromatic carbocycles. The summed E-state index contributed by atoms with van der Waals surface area (Å²) in [6.07, 6.45) is 15.0. The van der Waals surface area contributed by atoms with E-state index in [1.54, 1.807) is 11.0 Å². The molecule has 42 heavy (non-hydrogen) atoms. The molecule has 3 rings (SSSR count). The molecule has 1 aliphatic heterocycles. The first kappa shape index (κ1) is 33.7. The number of carbonyl (C=O) groups is 1. The maximum Gasteiger partial charge on any atom is 0.222 e. The molecule has 0 bridgehead atoms. The van der Waals surface area contributed by atoms with Crippen molar-refractivity contribution in [2.24, 2.45) is 16.3 Å². The predicted molar refractivity (Wildman–Crippen MR) is 167 cm³/mol. The number of nitrogens with zero attached hydrogens (tertiary/aromatic N) is 3. The second kappa shape index (κ2) is 16.8. The van der Waals surface area contributed by atoms with Crippen molar-refractivity contribution in [3.05, 3.63) is 69.1 Å². The van der Waals surface area contributed by atoms with Crippen LogP contribution in [0.1, 0.15) is 95.1 Å². The first-order valence-corrected chi connectivity index (χ1v) is 15.8. The van der Waals surface area contributed by atoms with Crippen molar-refractivity contribution in [3.8, 4) is 0 Å². The second-order valence-corrected chi connectivity index (χ2v) is 12.4. The highest BCUT2D eigenvalue weighted by Gasteiger charge is 2.34. The Kier molecular flexibility index (Phi) is 13.5. The fraction of sp³-hybridized carbons (Fsp3) is 0.636. The summed E-state index contributed by atoms with van der Waals surface area (Å²) >= 11 is 0. The van der Waals surface area contributed by atoms with Gasteiger partial charge in [0.25, 0.3) is 0 Å². The van der Waals surface area contributed by atoms with Crippen LogP contribution >= 0.6 is 0 Å². The van der Waals surface area contributed by atoms with Gasteiger partial charge >= 0.3 is 0 Å². The number of halogens is 1. The second-order valence-electron chi connectivity index (χ2n) is 12.4. The minimum atomic E-state index is -0.552. The van der Waals surface area contributed by atoms with Crippen LogP contribution in [0.2, 0.25) is 0 Å². The van der Waals surface area contributed by atoms with Gasteiger partial charge in [0.05, 0.1) is 26.2 Å². The summed E-state index contributed by atoms with van der Waals surface area (Å²) in [5.74, 6) is -0.255. The molecule has 1 heterocycles. The molecule has 1 atom stereocenters. The number of carbonyl (C=O) groups excluding carboxylic acids is 1. The van der Waals surface area contributed by atoms with Crippen LogP contribution in [0.4, 0.5) is 4.39 Å². The van der Waals surface area contributed by atoms with E-state index < -0.39 is 10.1 Å². The number of nitroso groups, excluding NO2 is 1. The van der Waals surface area contributed by atoms with Crippen LogP contribution in [0.25, 0.3) is 0 Å². The van der Waals surface area contributed by atoms with Gasteiger partial charge in [0.15, 0.2) is 0 Å². The van der Waals surface area contributed by atoms with Gasteiger partial charge in [0, 0.05) is 23.3 Å². The minimum absolute atomic E-state index is 0.00311. The Hall–Kier alpha value is -2.75. The molecule has 1 fully saturated rings. The maximum absolute atomic E-state index is 14.9. The molecule has 0 aromatic heterocycles. The van der Waals surface area contributed by atoms with Gasteiger partial charge in [-0.15, -0.1) is 0 Å². The zero-order valence-electron chi connectivity index (χ0n) is 25.4. The summed E-state index contributed by atoms with van der Waals surface area (Å²) in [4.78, 5) is 25.4. The van der Waals surface area contributed by atoms with Crippen LogP contribution in [-0.2, 0) is 11.3 Å². The van der Waals surface area contributed by atoms with Gasteiger partial charge in [0.2, 0.25) is 5.91 Å². The lowest BCUT2D eigenvalue weighted by molar-refractivity contribution is -0.879. The van der Waals surface area contributed by atoms with Crippen molar-refractivity contribution in [1.82, 2.24) is 4.90 Å². The first-order chi connectivity index (χ1) is 20.2. The van der Waals surface area contributed by atoms with Gasteiger partial charge in [-0.05, 0) is 49.3 Å². The fourth-order valence-electron chi connectivity index (χ4n) is 6.13. The number of hydrogen-bond acceptors (Lipinski definition) is 6. The zero-order chi connectivity index (χ0) is 30.4. The van der Waals surface area contributed by atoms with Gasteiger partial charge in [-0.3, -0.25) is 4.79 Å². The number of nitrogens with one attached hydrogen (secondary N) is 1. The molecule has 3 N–H and O–H groups in total. The van der Waals surface area contributed by atoms with E-state index in [1.165, 1.54) is 38.2 Å². The summed E-state index contributed by atoms with van der Waals surface area (Å²) in [6.45, 7) is 4.06. The number of rotatable bonds is 18. The summed E-state index contributed by atoms with van der Waals surface area (Å²) in [7, 11) is 0. The molecule has 9 heteroatoms. The third-order valence-corrected chi connectivity index (χ3v) is 8.70. The average molecular weight is 584 g/mol. The first-order valence-electron chi connectivity index (χ1n) is 15.8. The standard InChI is InChI=1S/C33H50FN5O3/c1-33(24-31(36)29-14-11-10-13-27(29)25-37-41)17-16-30(34)28(23-33)26-39(42)21-19-38(20-22-39)32(40)15-9-7-5-3-2-4-6-8-12-18-35/h10-11,13-14,16,23,36H,2-9,12,15,17-22,24-26,35H2,1H3. The van der Waals surface area contributed by atoms with E-state index in [2.05, 4.69) is 5.18 Å². The van der Waals surface area contributed by atoms with Gasteiger partial charge in [-0.25, -0.2) is 4.39 Å². The summed E-state index contributed by atoms with van der Waals surface area (Å²) in [6, 6.07) is 7.24. The number of hydroxylamine groups is 3. The highest BCUT2D eigenvalue weighted by atomic mass is 19.1. The molecule has 1 aromatic rings. The van der Waals surface area contributed by atoms with Crippen molar-refractivity contribution in [3.63, 3.8) is 0 Å². The van der Waals surface area contributed by atoms with Gasteiger partial charge < -0.3 is 25.9 Å². The van der Waals surface area contributed by atoms with E-state index in [-0.39, 0.29) is 37.9 Å². The number of nitrogens with two attached hydrogens (primary N) is 1. The number of hydrogen-bond donors (Lipinski definition) is 2. The number of benzene rings is 1. The molecule has 0 spiro atoms. The molecule has 1 unspecified atom stereocenters. The minimum Gasteiger partial charge on any atom is -0.632 e. The van der Waals surface area contributed by atoms with E-state index in [0.29, 0.717) is 54.8 Å². The van der Waals surface area contributed by atoms with Crippen LogP contribution < -0.4 is 5.73 Å². The monoisotopic (exact) mass is 583 g/mol.